The molecule has 0 saturated carbocycles. The van der Waals surface area contributed by atoms with E-state index in [1.54, 1.807) is 11.8 Å². The van der Waals surface area contributed by atoms with Crippen LogP contribution in [-0.2, 0) is 11.3 Å². The molecule has 1 aliphatic heterocycles. The predicted octanol–water partition coefficient (Wildman–Crippen LogP) is 3.61. The maximum Gasteiger partial charge on any atom is 0.169 e. The maximum absolute atomic E-state index is 8.85. The van der Waals surface area contributed by atoms with Gasteiger partial charge in [0.25, 0.3) is 0 Å². The Balaban J connectivity index is 1.77. The molecule has 1 aromatic carbocycles. The highest BCUT2D eigenvalue weighted by atomic mass is 32.2. The summed E-state index contributed by atoms with van der Waals surface area (Å²) in [5.41, 5.74) is 2.11. The van der Waals surface area contributed by atoms with Crippen molar-refractivity contribution >= 4 is 22.8 Å². The number of rotatable bonds is 5. The minimum absolute atomic E-state index is 0.341. The Bertz CT molecular complexity index is 640. The molecule has 1 fully saturated rings. The van der Waals surface area contributed by atoms with Gasteiger partial charge in [-0.05, 0) is 31.4 Å². The molecule has 110 valence electrons. The van der Waals surface area contributed by atoms with Crippen molar-refractivity contribution in [2.24, 2.45) is 0 Å². The molecule has 3 rings (SSSR count). The normalized spacial score (nSPS) is 18.7. The van der Waals surface area contributed by atoms with Gasteiger partial charge in [-0.15, -0.1) is 0 Å². The van der Waals surface area contributed by atoms with E-state index in [9.17, 15) is 0 Å². The van der Waals surface area contributed by atoms with Crippen molar-refractivity contribution in [1.82, 2.24) is 9.55 Å². The fraction of sp³-hybridized carbons (Fsp3) is 0.500. The van der Waals surface area contributed by atoms with Crippen molar-refractivity contribution in [3.05, 3.63) is 24.3 Å². The van der Waals surface area contributed by atoms with Crippen LogP contribution in [0.2, 0.25) is 0 Å². The molecular weight excluding hydrogens is 282 g/mol. The number of nitriles is 1. The van der Waals surface area contributed by atoms with Crippen LogP contribution < -0.4 is 0 Å². The summed E-state index contributed by atoms with van der Waals surface area (Å²) < 4.78 is 7.94. The van der Waals surface area contributed by atoms with Crippen molar-refractivity contribution in [2.75, 3.05) is 12.4 Å². The van der Waals surface area contributed by atoms with Gasteiger partial charge in [0.15, 0.2) is 5.16 Å². The third-order valence-electron chi connectivity index (χ3n) is 3.74. The van der Waals surface area contributed by atoms with Gasteiger partial charge in [-0.2, -0.15) is 5.26 Å². The van der Waals surface area contributed by atoms with Crippen LogP contribution in [0, 0.1) is 11.3 Å². The molecule has 0 N–H and O–H groups in total. The Morgan fingerprint density at radius 3 is 3.10 bits per heavy atom. The van der Waals surface area contributed by atoms with E-state index in [0.717, 1.165) is 35.0 Å². The SMILES string of the molecule is N#CCCn1c(SC[C@H]2CCCCO2)nc2ccccc21. The molecule has 5 heteroatoms. The molecule has 2 heterocycles. The van der Waals surface area contributed by atoms with E-state index in [-0.39, 0.29) is 0 Å². The average Bonchev–Trinajstić information content (AvgIpc) is 2.89. The zero-order valence-electron chi connectivity index (χ0n) is 12.0. The van der Waals surface area contributed by atoms with Gasteiger partial charge in [0.1, 0.15) is 0 Å². The number of ether oxygens (including phenoxy) is 1. The van der Waals surface area contributed by atoms with E-state index in [1.807, 2.05) is 18.2 Å². The zero-order chi connectivity index (χ0) is 14.5. The second kappa shape index (κ2) is 6.97. The molecule has 1 aromatic heterocycles. The number of aryl methyl sites for hydroxylation is 1. The number of benzene rings is 1. The zero-order valence-corrected chi connectivity index (χ0v) is 12.8. The summed E-state index contributed by atoms with van der Waals surface area (Å²) in [5, 5.41) is 9.85. The molecule has 0 amide bonds. The minimum atomic E-state index is 0.341. The van der Waals surface area contributed by atoms with Gasteiger partial charge in [0, 0.05) is 18.9 Å². The molecule has 0 unspecified atom stereocenters. The molecule has 0 aliphatic carbocycles. The van der Waals surface area contributed by atoms with Crippen molar-refractivity contribution < 1.29 is 4.74 Å². The van der Waals surface area contributed by atoms with Crippen molar-refractivity contribution in [2.45, 2.75) is 43.5 Å². The van der Waals surface area contributed by atoms with Crippen molar-refractivity contribution in [1.29, 1.82) is 5.26 Å². The highest BCUT2D eigenvalue weighted by molar-refractivity contribution is 7.99. The number of thioether (sulfide) groups is 1. The number of hydrogen-bond donors (Lipinski definition) is 0. The average molecular weight is 301 g/mol. The minimum Gasteiger partial charge on any atom is -0.377 e. The van der Waals surface area contributed by atoms with Crippen LogP contribution in [-0.4, -0.2) is 28.0 Å². The van der Waals surface area contributed by atoms with Gasteiger partial charge in [0.05, 0.1) is 29.6 Å². The van der Waals surface area contributed by atoms with E-state index >= 15 is 0 Å². The Morgan fingerprint density at radius 1 is 1.38 bits per heavy atom. The third kappa shape index (κ3) is 3.39. The van der Waals surface area contributed by atoms with Crippen LogP contribution in [0.4, 0.5) is 0 Å². The van der Waals surface area contributed by atoms with E-state index in [2.05, 4.69) is 16.7 Å². The predicted molar refractivity (Wildman–Crippen MR) is 84.3 cm³/mol. The summed E-state index contributed by atoms with van der Waals surface area (Å²) in [6, 6.07) is 10.3. The van der Waals surface area contributed by atoms with Gasteiger partial charge < -0.3 is 9.30 Å². The van der Waals surface area contributed by atoms with Crippen LogP contribution >= 0.6 is 11.8 Å². The van der Waals surface area contributed by atoms with Gasteiger partial charge in [-0.1, -0.05) is 23.9 Å². The lowest BCUT2D eigenvalue weighted by Crippen LogP contribution is -2.21. The monoisotopic (exact) mass is 301 g/mol. The summed E-state index contributed by atoms with van der Waals surface area (Å²) in [5.74, 6) is 0.940. The number of imidazole rings is 1. The topological polar surface area (TPSA) is 50.8 Å². The number of hydrogen-bond acceptors (Lipinski definition) is 4. The van der Waals surface area contributed by atoms with Crippen LogP contribution in [0.1, 0.15) is 25.7 Å². The van der Waals surface area contributed by atoms with Crippen LogP contribution in [0.5, 0.6) is 0 Å². The largest absolute Gasteiger partial charge is 0.377 e. The van der Waals surface area contributed by atoms with Crippen molar-refractivity contribution in [3.63, 3.8) is 0 Å². The molecule has 2 aromatic rings. The van der Waals surface area contributed by atoms with Gasteiger partial charge in [-0.25, -0.2) is 4.98 Å². The Morgan fingerprint density at radius 2 is 2.29 bits per heavy atom. The van der Waals surface area contributed by atoms with E-state index in [0.29, 0.717) is 19.1 Å². The number of aromatic nitrogens is 2. The lowest BCUT2D eigenvalue weighted by molar-refractivity contribution is 0.0315. The first-order valence-corrected chi connectivity index (χ1v) is 8.43. The second-order valence-electron chi connectivity index (χ2n) is 5.24. The molecule has 21 heavy (non-hydrogen) atoms. The Labute approximate surface area is 129 Å². The molecule has 1 atom stereocenters. The third-order valence-corrected chi connectivity index (χ3v) is 4.85. The maximum atomic E-state index is 8.85. The highest BCUT2D eigenvalue weighted by Crippen LogP contribution is 2.27. The van der Waals surface area contributed by atoms with Gasteiger partial charge in [-0.3, -0.25) is 0 Å². The molecule has 1 saturated heterocycles. The van der Waals surface area contributed by atoms with Crippen molar-refractivity contribution in [3.8, 4) is 6.07 Å². The highest BCUT2D eigenvalue weighted by Gasteiger charge is 2.17. The summed E-state index contributed by atoms with van der Waals surface area (Å²) in [4.78, 5) is 4.71. The summed E-state index contributed by atoms with van der Waals surface area (Å²) in [6.07, 6.45) is 4.44. The molecule has 1 aliphatic rings. The van der Waals surface area contributed by atoms with Crippen LogP contribution in [0.3, 0.4) is 0 Å². The number of fused-ring (bicyclic) bond motifs is 1. The second-order valence-corrected chi connectivity index (χ2v) is 6.23. The van der Waals surface area contributed by atoms with Crippen LogP contribution in [0.15, 0.2) is 29.4 Å². The fourth-order valence-electron chi connectivity index (χ4n) is 2.65. The quantitative estimate of drug-likeness (QED) is 0.792. The van der Waals surface area contributed by atoms with E-state index in [4.69, 9.17) is 15.0 Å². The fourth-order valence-corrected chi connectivity index (χ4v) is 3.75. The first-order chi connectivity index (χ1) is 10.4. The molecule has 0 spiro atoms. The lowest BCUT2D eigenvalue weighted by Gasteiger charge is -2.21. The van der Waals surface area contributed by atoms with E-state index < -0.39 is 0 Å². The number of para-hydroxylation sites is 2. The first kappa shape index (κ1) is 14.4. The summed E-state index contributed by atoms with van der Waals surface area (Å²) in [7, 11) is 0. The number of nitrogens with zero attached hydrogens (tertiary/aromatic N) is 3. The van der Waals surface area contributed by atoms with Gasteiger partial charge in [0.2, 0.25) is 0 Å². The van der Waals surface area contributed by atoms with E-state index in [1.165, 1.54) is 12.8 Å². The Hall–Kier alpha value is -1.51. The smallest absolute Gasteiger partial charge is 0.169 e. The molecule has 0 bridgehead atoms. The first-order valence-electron chi connectivity index (χ1n) is 7.45. The van der Waals surface area contributed by atoms with Gasteiger partial charge >= 0.3 is 0 Å². The summed E-state index contributed by atoms with van der Waals surface area (Å²) >= 11 is 1.75. The molecule has 4 nitrogen and oxygen atoms in total. The van der Waals surface area contributed by atoms with Crippen LogP contribution in [0.25, 0.3) is 11.0 Å². The molecule has 0 radical (unpaired) electrons. The Kier molecular flexibility index (Phi) is 4.79. The molecular formula is C16H19N3OS. The standard InChI is InChI=1S/C16H19N3OS/c17-9-5-10-19-15-8-2-1-7-14(15)18-16(19)21-12-13-6-3-4-11-20-13/h1-2,7-8,13H,3-6,10-12H2/t13-/m1/s1. The summed E-state index contributed by atoms with van der Waals surface area (Å²) in [6.45, 7) is 1.58. The lowest BCUT2D eigenvalue weighted by atomic mass is 10.1.